The van der Waals surface area contributed by atoms with Crippen LogP contribution in [-0.4, -0.2) is 11.5 Å². The second kappa shape index (κ2) is 3.58. The van der Waals surface area contributed by atoms with Gasteiger partial charge in [0.1, 0.15) is 5.75 Å². The number of aryl methyl sites for hydroxylation is 2. The van der Waals surface area contributed by atoms with Crippen molar-refractivity contribution in [3.05, 3.63) is 22.6 Å². The van der Waals surface area contributed by atoms with Gasteiger partial charge in [-0.25, -0.2) is 0 Å². The summed E-state index contributed by atoms with van der Waals surface area (Å²) in [6, 6.07) is 4.02. The average molecular weight is 207 g/mol. The lowest BCUT2D eigenvalue weighted by Crippen LogP contribution is -1.91. The molecule has 0 bridgehead atoms. The van der Waals surface area contributed by atoms with Crippen LogP contribution >= 0.6 is 11.5 Å². The lowest BCUT2D eigenvalue weighted by molar-refractivity contribution is 0.411. The average Bonchev–Trinajstić information content (AvgIpc) is 2.59. The monoisotopic (exact) mass is 207 g/mol. The van der Waals surface area contributed by atoms with Gasteiger partial charge >= 0.3 is 0 Å². The maximum atomic E-state index is 5.35. The van der Waals surface area contributed by atoms with Gasteiger partial charge < -0.3 is 4.74 Å². The molecule has 0 spiro atoms. The van der Waals surface area contributed by atoms with Gasteiger partial charge in [-0.15, -0.1) is 0 Å². The zero-order chi connectivity index (χ0) is 10.1. The van der Waals surface area contributed by atoms with Gasteiger partial charge in [0.25, 0.3) is 0 Å². The van der Waals surface area contributed by atoms with Crippen molar-refractivity contribution in [2.24, 2.45) is 0 Å². The Kier molecular flexibility index (Phi) is 2.42. The van der Waals surface area contributed by atoms with Gasteiger partial charge in [0.15, 0.2) is 0 Å². The third-order valence-electron chi connectivity index (χ3n) is 2.45. The van der Waals surface area contributed by atoms with Gasteiger partial charge in [0.2, 0.25) is 0 Å². The Morgan fingerprint density at radius 2 is 2.21 bits per heavy atom. The summed E-state index contributed by atoms with van der Waals surface area (Å²) in [4.78, 5) is 1.27. The van der Waals surface area contributed by atoms with Crippen LogP contribution in [0.4, 0.5) is 0 Å². The molecule has 0 atom stereocenters. The van der Waals surface area contributed by atoms with E-state index < -0.39 is 0 Å². The Balaban J connectivity index is 2.81. The van der Waals surface area contributed by atoms with Crippen molar-refractivity contribution in [3.63, 3.8) is 0 Å². The van der Waals surface area contributed by atoms with E-state index in [-0.39, 0.29) is 0 Å². The van der Waals surface area contributed by atoms with Crippen LogP contribution in [0.2, 0.25) is 0 Å². The number of aromatic nitrogens is 1. The molecule has 1 heterocycles. The highest BCUT2D eigenvalue weighted by Gasteiger charge is 2.10. The molecule has 0 saturated carbocycles. The number of benzene rings is 1. The van der Waals surface area contributed by atoms with Gasteiger partial charge in [-0.1, -0.05) is 6.92 Å². The summed E-state index contributed by atoms with van der Waals surface area (Å²) >= 11 is 1.56. The van der Waals surface area contributed by atoms with Crippen LogP contribution in [0, 0.1) is 6.92 Å². The molecule has 74 valence electrons. The number of hydrogen-bond acceptors (Lipinski definition) is 3. The third-order valence-corrected chi connectivity index (χ3v) is 3.22. The van der Waals surface area contributed by atoms with E-state index in [1.54, 1.807) is 18.6 Å². The lowest BCUT2D eigenvalue weighted by Gasteiger charge is -2.07. The SMILES string of the molecule is CCc1c(OC)ccc2nsc(C)c12. The number of methoxy groups -OCH3 is 1. The van der Waals surface area contributed by atoms with Crippen LogP contribution in [0.3, 0.4) is 0 Å². The molecule has 2 aromatic rings. The normalized spacial score (nSPS) is 10.8. The minimum Gasteiger partial charge on any atom is -0.496 e. The van der Waals surface area contributed by atoms with Gasteiger partial charge in [-0.2, -0.15) is 4.37 Å². The van der Waals surface area contributed by atoms with Gasteiger partial charge in [0.05, 0.1) is 12.6 Å². The van der Waals surface area contributed by atoms with E-state index >= 15 is 0 Å². The second-order valence-electron chi connectivity index (χ2n) is 3.23. The molecular formula is C11H13NOS. The first-order valence-corrected chi connectivity index (χ1v) is 5.47. The molecule has 2 rings (SSSR count). The summed E-state index contributed by atoms with van der Waals surface area (Å²) < 4.78 is 9.73. The topological polar surface area (TPSA) is 22.1 Å². The van der Waals surface area contributed by atoms with E-state index in [1.165, 1.54) is 15.8 Å². The zero-order valence-electron chi connectivity index (χ0n) is 8.63. The van der Waals surface area contributed by atoms with Crippen molar-refractivity contribution in [1.29, 1.82) is 0 Å². The zero-order valence-corrected chi connectivity index (χ0v) is 9.44. The molecule has 1 aromatic heterocycles. The molecule has 3 heteroatoms. The fourth-order valence-corrected chi connectivity index (χ4v) is 2.50. The third kappa shape index (κ3) is 1.28. The molecule has 2 nitrogen and oxygen atoms in total. The molecule has 0 radical (unpaired) electrons. The first-order chi connectivity index (χ1) is 6.77. The highest BCUT2D eigenvalue weighted by atomic mass is 32.1. The summed E-state index contributed by atoms with van der Waals surface area (Å²) in [6.07, 6.45) is 0.986. The summed E-state index contributed by atoms with van der Waals surface area (Å²) in [5.41, 5.74) is 2.36. The second-order valence-corrected chi connectivity index (χ2v) is 4.21. The maximum absolute atomic E-state index is 5.35. The van der Waals surface area contributed by atoms with Gasteiger partial charge in [0, 0.05) is 15.8 Å². The summed E-state index contributed by atoms with van der Waals surface area (Å²) in [7, 11) is 1.72. The van der Waals surface area contributed by atoms with E-state index in [0.717, 1.165) is 17.7 Å². The molecule has 0 aliphatic heterocycles. The molecule has 0 saturated heterocycles. The quantitative estimate of drug-likeness (QED) is 0.754. The Morgan fingerprint density at radius 3 is 2.86 bits per heavy atom. The fourth-order valence-electron chi connectivity index (χ4n) is 1.79. The van der Waals surface area contributed by atoms with Crippen LogP contribution in [0.1, 0.15) is 17.4 Å². The van der Waals surface area contributed by atoms with Gasteiger partial charge in [-0.3, -0.25) is 0 Å². The standard InChI is InChI=1S/C11H13NOS/c1-4-8-10(13-3)6-5-9-11(8)7(2)14-12-9/h5-6H,4H2,1-3H3. The molecule has 0 fully saturated rings. The molecule has 1 aromatic carbocycles. The van der Waals surface area contributed by atoms with Crippen LogP contribution in [0.15, 0.2) is 12.1 Å². The maximum Gasteiger partial charge on any atom is 0.122 e. The first-order valence-electron chi connectivity index (χ1n) is 4.69. The predicted molar refractivity (Wildman–Crippen MR) is 60.3 cm³/mol. The smallest absolute Gasteiger partial charge is 0.122 e. The number of rotatable bonds is 2. The predicted octanol–water partition coefficient (Wildman–Crippen LogP) is 3.18. The van der Waals surface area contributed by atoms with E-state index in [4.69, 9.17) is 4.74 Å². The highest BCUT2D eigenvalue weighted by Crippen LogP contribution is 2.32. The molecule has 0 unspecified atom stereocenters. The Morgan fingerprint density at radius 1 is 1.43 bits per heavy atom. The fraction of sp³-hybridized carbons (Fsp3) is 0.364. The van der Waals surface area contributed by atoms with Crippen molar-refractivity contribution in [1.82, 2.24) is 4.37 Å². The lowest BCUT2D eigenvalue weighted by atomic mass is 10.1. The van der Waals surface area contributed by atoms with E-state index in [0.29, 0.717) is 0 Å². The number of ether oxygens (including phenoxy) is 1. The van der Waals surface area contributed by atoms with E-state index in [1.807, 2.05) is 12.1 Å². The highest BCUT2D eigenvalue weighted by molar-refractivity contribution is 7.07. The minimum atomic E-state index is 0.975. The van der Waals surface area contributed by atoms with Crippen LogP contribution in [0.25, 0.3) is 10.9 Å². The van der Waals surface area contributed by atoms with Crippen molar-refractivity contribution in [2.45, 2.75) is 20.3 Å². The summed E-state index contributed by atoms with van der Waals surface area (Å²) in [5, 5.41) is 1.27. The van der Waals surface area contributed by atoms with Crippen molar-refractivity contribution in [3.8, 4) is 5.75 Å². The summed E-state index contributed by atoms with van der Waals surface area (Å²) in [6.45, 7) is 4.26. The molecular weight excluding hydrogens is 194 g/mol. The Bertz CT molecular complexity index is 462. The number of hydrogen-bond donors (Lipinski definition) is 0. The van der Waals surface area contributed by atoms with Crippen LogP contribution in [0.5, 0.6) is 5.75 Å². The number of nitrogens with zero attached hydrogens (tertiary/aromatic N) is 1. The number of fused-ring (bicyclic) bond motifs is 1. The Labute approximate surface area is 87.7 Å². The molecule has 0 N–H and O–H groups in total. The first kappa shape index (κ1) is 9.46. The van der Waals surface area contributed by atoms with Crippen molar-refractivity contribution in [2.75, 3.05) is 7.11 Å². The van der Waals surface area contributed by atoms with E-state index in [9.17, 15) is 0 Å². The molecule has 0 amide bonds. The van der Waals surface area contributed by atoms with Crippen molar-refractivity contribution >= 4 is 22.4 Å². The van der Waals surface area contributed by atoms with Crippen LogP contribution < -0.4 is 4.74 Å². The summed E-state index contributed by atoms with van der Waals surface area (Å²) in [5.74, 6) is 0.975. The molecule has 0 aliphatic rings. The van der Waals surface area contributed by atoms with E-state index in [2.05, 4.69) is 18.2 Å². The largest absolute Gasteiger partial charge is 0.496 e. The Hall–Kier alpha value is -1.09. The van der Waals surface area contributed by atoms with Gasteiger partial charge in [-0.05, 0) is 37.0 Å². The minimum absolute atomic E-state index is 0.975. The molecule has 0 aliphatic carbocycles. The van der Waals surface area contributed by atoms with Crippen molar-refractivity contribution < 1.29 is 4.74 Å². The molecule has 14 heavy (non-hydrogen) atoms. The van der Waals surface area contributed by atoms with Crippen LogP contribution in [-0.2, 0) is 6.42 Å².